The van der Waals surface area contributed by atoms with Crippen molar-refractivity contribution < 1.29 is 64.6 Å². The summed E-state index contributed by atoms with van der Waals surface area (Å²) >= 11 is 0. The van der Waals surface area contributed by atoms with Crippen molar-refractivity contribution in [3.63, 3.8) is 0 Å². The number of hydrogen-bond acceptors (Lipinski definition) is 13. The van der Waals surface area contributed by atoms with Gasteiger partial charge in [-0.3, -0.25) is 4.79 Å². The molecule has 4 unspecified atom stereocenters. The number of aliphatic hydroxyl groups excluding tert-OH is 8. The molecule has 9 N–H and O–H groups in total. The summed E-state index contributed by atoms with van der Waals surface area (Å²) in [6.45, 7) is 2.82. The predicted octanol–water partition coefficient (Wildman–Crippen LogP) is 11.1. The van der Waals surface area contributed by atoms with Gasteiger partial charge in [-0.15, -0.1) is 0 Å². The molecule has 2 saturated heterocycles. The van der Waals surface area contributed by atoms with Crippen molar-refractivity contribution in [1.82, 2.24) is 5.32 Å². The molecule has 1 amide bonds. The zero-order chi connectivity index (χ0) is 54.6. The van der Waals surface area contributed by atoms with Crippen LogP contribution in [0, 0.1) is 0 Å². The third-order valence-corrected chi connectivity index (χ3v) is 15.7. The Morgan fingerprint density at radius 3 is 1.23 bits per heavy atom. The molecule has 2 rings (SSSR count). The second kappa shape index (κ2) is 47.5. The fourth-order valence-corrected chi connectivity index (χ4v) is 10.6. The molecule has 2 aliphatic rings. The largest absolute Gasteiger partial charge is 0.394 e. The molecule has 0 aliphatic carbocycles. The Balaban J connectivity index is 1.65. The first-order chi connectivity index (χ1) is 36.6. The van der Waals surface area contributed by atoms with Gasteiger partial charge in [0.05, 0.1) is 32.0 Å². The van der Waals surface area contributed by atoms with E-state index < -0.39 is 86.8 Å². The monoisotopic (exact) mass is 1070 g/mol. The minimum atomic E-state index is -1.78. The predicted molar refractivity (Wildman–Crippen MR) is 300 cm³/mol. The van der Waals surface area contributed by atoms with Gasteiger partial charge < -0.3 is 65.1 Å². The number of unbranched alkanes of at least 4 members (excludes halogenated alkanes) is 38. The lowest BCUT2D eigenvalue weighted by atomic mass is 9.97. The molecule has 0 aromatic heterocycles. The normalized spacial score (nSPS) is 25.0. The number of rotatable bonds is 51. The smallest absolute Gasteiger partial charge is 0.220 e. The maximum atomic E-state index is 13.2. The second-order valence-corrected chi connectivity index (χ2v) is 22.6. The lowest BCUT2D eigenvalue weighted by molar-refractivity contribution is -0.359. The maximum Gasteiger partial charge on any atom is 0.220 e. The van der Waals surface area contributed by atoms with Crippen LogP contribution in [0.1, 0.15) is 277 Å². The summed E-state index contributed by atoms with van der Waals surface area (Å²) in [6.07, 6.45) is 38.5. The number of aliphatic hydroxyl groups is 8. The number of amides is 1. The summed E-state index contributed by atoms with van der Waals surface area (Å²) in [5, 5.41) is 87.0. The van der Waals surface area contributed by atoms with Crippen molar-refractivity contribution in [3.8, 4) is 0 Å². The van der Waals surface area contributed by atoms with E-state index in [-0.39, 0.29) is 18.9 Å². The topological polar surface area (TPSA) is 228 Å². The van der Waals surface area contributed by atoms with Crippen LogP contribution in [0.25, 0.3) is 0 Å². The Hall–Kier alpha value is -1.27. The number of carbonyl (C=O) groups is 1. The van der Waals surface area contributed by atoms with Crippen LogP contribution in [0.3, 0.4) is 0 Å². The quantitative estimate of drug-likeness (QED) is 0.0204. The number of ether oxygens (including phenoxy) is 4. The zero-order valence-electron chi connectivity index (χ0n) is 47.8. The lowest BCUT2D eigenvalue weighted by Crippen LogP contribution is -2.65. The van der Waals surface area contributed by atoms with Crippen LogP contribution in [-0.2, 0) is 23.7 Å². The van der Waals surface area contributed by atoms with Gasteiger partial charge >= 0.3 is 0 Å². The van der Waals surface area contributed by atoms with Crippen LogP contribution in [0.15, 0.2) is 12.2 Å². The first kappa shape index (κ1) is 69.8. The van der Waals surface area contributed by atoms with Crippen molar-refractivity contribution in [2.75, 3.05) is 19.8 Å². The van der Waals surface area contributed by atoms with Crippen LogP contribution >= 0.6 is 0 Å². The zero-order valence-corrected chi connectivity index (χ0v) is 47.8. The Morgan fingerprint density at radius 1 is 0.467 bits per heavy atom. The molecule has 0 saturated carbocycles. The summed E-state index contributed by atoms with van der Waals surface area (Å²) in [7, 11) is 0. The molecule has 0 aromatic carbocycles. The maximum absolute atomic E-state index is 13.2. The van der Waals surface area contributed by atoms with Gasteiger partial charge in [0.2, 0.25) is 5.91 Å². The van der Waals surface area contributed by atoms with Gasteiger partial charge in [0.15, 0.2) is 12.6 Å². The van der Waals surface area contributed by atoms with E-state index in [0.717, 1.165) is 38.5 Å². The highest BCUT2D eigenvalue weighted by Crippen LogP contribution is 2.30. The van der Waals surface area contributed by atoms with Crippen molar-refractivity contribution in [2.24, 2.45) is 0 Å². The number of nitrogens with one attached hydrogen (secondary N) is 1. The van der Waals surface area contributed by atoms with E-state index in [1.54, 1.807) is 6.08 Å². The molecular weight excluding hydrogens is 955 g/mol. The van der Waals surface area contributed by atoms with Crippen LogP contribution in [0.2, 0.25) is 0 Å². The molecule has 0 bridgehead atoms. The van der Waals surface area contributed by atoms with Crippen LogP contribution < -0.4 is 5.32 Å². The minimum absolute atomic E-state index is 0.234. The highest BCUT2D eigenvalue weighted by Gasteiger charge is 2.51. The van der Waals surface area contributed by atoms with Crippen molar-refractivity contribution in [1.29, 1.82) is 0 Å². The molecule has 0 aromatic rings. The van der Waals surface area contributed by atoms with E-state index in [2.05, 4.69) is 19.2 Å². The van der Waals surface area contributed by atoms with E-state index in [0.29, 0.717) is 6.42 Å². The van der Waals surface area contributed by atoms with E-state index in [1.165, 1.54) is 212 Å². The number of carbonyl (C=O) groups excluding carboxylic acids is 1. The van der Waals surface area contributed by atoms with Gasteiger partial charge in [-0.25, -0.2) is 0 Å². The molecule has 2 heterocycles. The van der Waals surface area contributed by atoms with Crippen LogP contribution in [-0.4, -0.2) is 140 Å². The van der Waals surface area contributed by atoms with E-state index in [1.807, 2.05) is 6.08 Å². The van der Waals surface area contributed by atoms with Crippen LogP contribution in [0.5, 0.6) is 0 Å². The second-order valence-electron chi connectivity index (χ2n) is 22.6. The molecular formula is C61H117NO13. The first-order valence-electron chi connectivity index (χ1n) is 31.4. The molecule has 444 valence electrons. The summed E-state index contributed by atoms with van der Waals surface area (Å²) in [5.74, 6) is -0.234. The van der Waals surface area contributed by atoms with Crippen LogP contribution in [0.4, 0.5) is 0 Å². The highest BCUT2D eigenvalue weighted by molar-refractivity contribution is 5.76. The Labute approximate surface area is 456 Å². The Bertz CT molecular complexity index is 1310. The van der Waals surface area contributed by atoms with E-state index in [9.17, 15) is 45.6 Å². The van der Waals surface area contributed by atoms with Crippen molar-refractivity contribution in [2.45, 2.75) is 351 Å². The average molecular weight is 1070 g/mol. The number of hydrogen-bond donors (Lipinski definition) is 9. The van der Waals surface area contributed by atoms with Gasteiger partial charge in [0.25, 0.3) is 0 Å². The SMILES string of the molecule is CCCCCCCCCCCC/C=C/[C@@H](O)[C@H](CO[C@@H]1O[C@H](CO)[C@@H](O[C@@H]2O[C@H](CO)[C@H](O)C(O)C2O)C(O)C1O)NC(=O)CCCCCCCCCCCCCCCCCCCCCCCCCCCCCCC. The third-order valence-electron chi connectivity index (χ3n) is 15.7. The summed E-state index contributed by atoms with van der Waals surface area (Å²) in [4.78, 5) is 13.2. The van der Waals surface area contributed by atoms with E-state index >= 15 is 0 Å². The van der Waals surface area contributed by atoms with Crippen molar-refractivity contribution in [3.05, 3.63) is 12.2 Å². The Morgan fingerprint density at radius 2 is 0.827 bits per heavy atom. The van der Waals surface area contributed by atoms with E-state index in [4.69, 9.17) is 18.9 Å². The molecule has 0 radical (unpaired) electrons. The Kier molecular flexibility index (Phi) is 44.3. The molecule has 14 nitrogen and oxygen atoms in total. The van der Waals surface area contributed by atoms with Crippen molar-refractivity contribution >= 4 is 5.91 Å². The third kappa shape index (κ3) is 33.2. The van der Waals surface area contributed by atoms with Gasteiger partial charge in [0, 0.05) is 6.42 Å². The fourth-order valence-electron chi connectivity index (χ4n) is 10.6. The first-order valence-corrected chi connectivity index (χ1v) is 31.4. The summed E-state index contributed by atoms with van der Waals surface area (Å²) in [5.41, 5.74) is 0. The molecule has 2 aliphatic heterocycles. The summed E-state index contributed by atoms with van der Waals surface area (Å²) < 4.78 is 22.8. The molecule has 75 heavy (non-hydrogen) atoms. The standard InChI is InChI=1S/C61H117NO13/c1-3-5-7-9-11-13-15-17-18-19-20-21-22-23-24-25-26-27-28-29-30-31-32-33-35-37-39-41-43-45-53(66)62-49(50(65)44-42-40-38-36-34-16-14-12-10-8-6-4-2)48-72-60-58(71)56(69)59(52(47-64)74-60)75-61-57(70)55(68)54(67)51(46-63)73-61/h42,44,49-52,54-61,63-65,67-71H,3-41,43,45-48H2,1-2H3,(H,62,66)/b44-42+/t49-,50+,51+,52+,54-,55?,56?,57?,58?,59+,60+,61-/m0/s1. The molecule has 2 fully saturated rings. The summed E-state index contributed by atoms with van der Waals surface area (Å²) in [6, 6.07) is -0.909. The molecule has 14 heteroatoms. The molecule has 0 spiro atoms. The minimum Gasteiger partial charge on any atom is -0.394 e. The van der Waals surface area contributed by atoms with Gasteiger partial charge in [-0.05, 0) is 19.3 Å². The molecule has 12 atom stereocenters. The average Bonchev–Trinajstić information content (AvgIpc) is 3.41. The fraction of sp³-hybridized carbons (Fsp3) is 0.951. The van der Waals surface area contributed by atoms with Gasteiger partial charge in [0.1, 0.15) is 48.8 Å². The van der Waals surface area contributed by atoms with Gasteiger partial charge in [-0.2, -0.15) is 0 Å². The highest BCUT2D eigenvalue weighted by atomic mass is 16.7. The number of allylic oxidation sites excluding steroid dienone is 1. The lowest BCUT2D eigenvalue weighted by Gasteiger charge is -2.46. The van der Waals surface area contributed by atoms with Gasteiger partial charge in [-0.1, -0.05) is 264 Å².